The normalized spacial score (nSPS) is 24.2. The maximum Gasteiger partial charge on any atom is 0.402 e. The van der Waals surface area contributed by atoms with Crippen molar-refractivity contribution in [1.29, 1.82) is 0 Å². The zero-order valence-corrected chi connectivity index (χ0v) is 11.3. The minimum absolute atomic E-state index is 0.0318. The Hall–Kier alpha value is -0.850. The van der Waals surface area contributed by atoms with Crippen LogP contribution in [-0.4, -0.2) is 24.2 Å². The van der Waals surface area contributed by atoms with Gasteiger partial charge in [-0.05, 0) is 31.2 Å². The van der Waals surface area contributed by atoms with E-state index < -0.39 is 11.6 Å². The number of alkyl halides is 3. The van der Waals surface area contributed by atoms with Crippen LogP contribution in [0.15, 0.2) is 18.2 Å². The third kappa shape index (κ3) is 2.02. The number of halogens is 4. The Morgan fingerprint density at radius 1 is 1.37 bits per heavy atom. The zero-order valence-electron chi connectivity index (χ0n) is 9.72. The molecule has 0 aliphatic carbocycles. The molecule has 1 fully saturated rings. The van der Waals surface area contributed by atoms with Gasteiger partial charge in [-0.1, -0.05) is 11.6 Å². The Morgan fingerprint density at radius 3 is 2.79 bits per heavy atom. The number of rotatable bonds is 1. The molecule has 1 N–H and O–H groups in total. The average Bonchev–Trinajstić information content (AvgIpc) is 2.93. The Labute approximate surface area is 116 Å². The van der Waals surface area contributed by atoms with E-state index in [2.05, 4.69) is 10.3 Å². The summed E-state index contributed by atoms with van der Waals surface area (Å²) in [5.74, 6) is 0. The van der Waals surface area contributed by atoms with Crippen LogP contribution in [0.2, 0.25) is 5.02 Å². The summed E-state index contributed by atoms with van der Waals surface area (Å²) in [4.78, 5) is 4.17. The highest BCUT2D eigenvalue weighted by molar-refractivity contribution is 7.18. The van der Waals surface area contributed by atoms with Gasteiger partial charge in [0.25, 0.3) is 0 Å². The van der Waals surface area contributed by atoms with Gasteiger partial charge < -0.3 is 5.32 Å². The van der Waals surface area contributed by atoms with E-state index in [4.69, 9.17) is 11.6 Å². The first kappa shape index (κ1) is 13.1. The Bertz CT molecular complexity index is 617. The molecule has 2 aromatic rings. The van der Waals surface area contributed by atoms with Gasteiger partial charge in [0, 0.05) is 11.6 Å². The molecule has 3 rings (SSSR count). The van der Waals surface area contributed by atoms with Crippen molar-refractivity contribution < 1.29 is 13.2 Å². The summed E-state index contributed by atoms with van der Waals surface area (Å²) >= 11 is 6.94. The first-order valence-electron chi connectivity index (χ1n) is 5.76. The van der Waals surface area contributed by atoms with Gasteiger partial charge in [0.1, 0.15) is 10.4 Å². The van der Waals surface area contributed by atoms with Crippen molar-refractivity contribution in [3.8, 4) is 0 Å². The molecular weight excluding hydrogens is 297 g/mol. The SMILES string of the molecule is FC(F)(F)C1(c2nc3cc(Cl)ccc3s2)CCNC1. The number of hydrogen-bond acceptors (Lipinski definition) is 3. The number of aromatic nitrogens is 1. The molecule has 1 atom stereocenters. The van der Waals surface area contributed by atoms with Crippen molar-refractivity contribution >= 4 is 33.2 Å². The smallest absolute Gasteiger partial charge is 0.315 e. The van der Waals surface area contributed by atoms with Crippen LogP contribution in [0.3, 0.4) is 0 Å². The van der Waals surface area contributed by atoms with Gasteiger partial charge in [-0.2, -0.15) is 13.2 Å². The zero-order chi connectivity index (χ0) is 13.7. The molecule has 1 unspecified atom stereocenters. The van der Waals surface area contributed by atoms with E-state index in [1.54, 1.807) is 18.2 Å². The van der Waals surface area contributed by atoms with Crippen molar-refractivity contribution in [3.05, 3.63) is 28.2 Å². The highest BCUT2D eigenvalue weighted by Gasteiger charge is 2.59. The van der Waals surface area contributed by atoms with Gasteiger partial charge in [0.2, 0.25) is 0 Å². The Morgan fingerprint density at radius 2 is 2.16 bits per heavy atom. The lowest BCUT2D eigenvalue weighted by atomic mass is 9.87. The molecule has 0 radical (unpaired) electrons. The minimum Gasteiger partial charge on any atom is -0.315 e. The van der Waals surface area contributed by atoms with Crippen molar-refractivity contribution in [2.24, 2.45) is 0 Å². The summed E-state index contributed by atoms with van der Waals surface area (Å²) in [5.41, 5.74) is -1.33. The summed E-state index contributed by atoms with van der Waals surface area (Å²) in [6.07, 6.45) is -4.27. The van der Waals surface area contributed by atoms with E-state index in [9.17, 15) is 13.2 Å². The summed E-state index contributed by atoms with van der Waals surface area (Å²) in [5, 5.41) is 3.40. The molecule has 0 amide bonds. The number of thiazole rings is 1. The largest absolute Gasteiger partial charge is 0.402 e. The number of hydrogen-bond donors (Lipinski definition) is 1. The summed E-state index contributed by atoms with van der Waals surface area (Å²) in [6, 6.07) is 4.98. The van der Waals surface area contributed by atoms with Crippen molar-refractivity contribution in [3.63, 3.8) is 0 Å². The predicted octanol–water partition coefficient (Wildman–Crippen LogP) is 3.74. The number of nitrogens with one attached hydrogen (secondary N) is 1. The molecule has 0 spiro atoms. The molecule has 1 saturated heterocycles. The monoisotopic (exact) mass is 306 g/mol. The van der Waals surface area contributed by atoms with Gasteiger partial charge in [-0.25, -0.2) is 4.98 Å². The van der Waals surface area contributed by atoms with E-state index >= 15 is 0 Å². The van der Waals surface area contributed by atoms with Crippen LogP contribution in [-0.2, 0) is 5.41 Å². The van der Waals surface area contributed by atoms with Crippen LogP contribution in [0.4, 0.5) is 13.2 Å². The molecule has 19 heavy (non-hydrogen) atoms. The lowest BCUT2D eigenvalue weighted by molar-refractivity contribution is -0.184. The summed E-state index contributed by atoms with van der Waals surface area (Å²) in [6.45, 7) is 0.250. The van der Waals surface area contributed by atoms with Gasteiger partial charge >= 0.3 is 6.18 Å². The fourth-order valence-electron chi connectivity index (χ4n) is 2.34. The Kier molecular flexibility index (Phi) is 2.99. The number of nitrogens with zero attached hydrogens (tertiary/aromatic N) is 1. The molecule has 7 heteroatoms. The molecule has 1 aromatic carbocycles. The third-order valence-corrected chi connectivity index (χ3v) is 4.93. The predicted molar refractivity (Wildman–Crippen MR) is 69.8 cm³/mol. The fourth-order valence-corrected chi connectivity index (χ4v) is 3.69. The maximum atomic E-state index is 13.4. The Balaban J connectivity index is 2.16. The molecule has 0 saturated carbocycles. The topological polar surface area (TPSA) is 24.9 Å². The van der Waals surface area contributed by atoms with E-state index in [0.29, 0.717) is 17.1 Å². The highest BCUT2D eigenvalue weighted by Crippen LogP contribution is 2.47. The van der Waals surface area contributed by atoms with Gasteiger partial charge in [0.15, 0.2) is 0 Å². The van der Waals surface area contributed by atoms with E-state index in [1.807, 2.05) is 0 Å². The van der Waals surface area contributed by atoms with Crippen LogP contribution in [0, 0.1) is 0 Å². The van der Waals surface area contributed by atoms with Crippen LogP contribution < -0.4 is 5.32 Å². The standard InChI is InChI=1S/C12H10ClF3N2S/c13-7-1-2-9-8(5-7)18-10(19-9)11(12(14,15)16)3-4-17-6-11/h1-2,5,17H,3-4,6H2. The minimum atomic E-state index is -4.30. The molecule has 1 aliphatic rings. The maximum absolute atomic E-state index is 13.4. The molecule has 2 nitrogen and oxygen atoms in total. The first-order valence-corrected chi connectivity index (χ1v) is 6.96. The second-order valence-electron chi connectivity index (χ2n) is 4.64. The fraction of sp³-hybridized carbons (Fsp3) is 0.417. The van der Waals surface area contributed by atoms with E-state index in [0.717, 1.165) is 16.0 Å². The van der Waals surface area contributed by atoms with Gasteiger partial charge in [-0.15, -0.1) is 11.3 Å². The lowest BCUT2D eigenvalue weighted by Gasteiger charge is -2.28. The summed E-state index contributed by atoms with van der Waals surface area (Å²) in [7, 11) is 0. The van der Waals surface area contributed by atoms with Crippen molar-refractivity contribution in [1.82, 2.24) is 10.3 Å². The van der Waals surface area contributed by atoms with Crippen molar-refractivity contribution in [2.75, 3.05) is 13.1 Å². The van der Waals surface area contributed by atoms with Crippen molar-refractivity contribution in [2.45, 2.75) is 18.0 Å². The van der Waals surface area contributed by atoms with Crippen LogP contribution in [0.25, 0.3) is 10.2 Å². The lowest BCUT2D eigenvalue weighted by Crippen LogP contribution is -2.44. The molecule has 1 aromatic heterocycles. The third-order valence-electron chi connectivity index (χ3n) is 3.46. The second-order valence-corrected chi connectivity index (χ2v) is 6.10. The van der Waals surface area contributed by atoms with Crippen LogP contribution in [0.1, 0.15) is 11.4 Å². The molecule has 1 aliphatic heterocycles. The second kappa shape index (κ2) is 4.33. The number of benzene rings is 1. The first-order chi connectivity index (χ1) is 8.92. The quantitative estimate of drug-likeness (QED) is 0.868. The molecule has 0 bridgehead atoms. The highest BCUT2D eigenvalue weighted by atomic mass is 35.5. The molecule has 102 valence electrons. The number of fused-ring (bicyclic) bond motifs is 1. The van der Waals surface area contributed by atoms with Gasteiger partial charge in [-0.3, -0.25) is 0 Å². The van der Waals surface area contributed by atoms with E-state index in [-0.39, 0.29) is 18.0 Å². The molecular formula is C12H10ClF3N2S. The average molecular weight is 307 g/mol. The van der Waals surface area contributed by atoms with Crippen LogP contribution >= 0.6 is 22.9 Å². The van der Waals surface area contributed by atoms with Crippen LogP contribution in [0.5, 0.6) is 0 Å². The van der Waals surface area contributed by atoms with Gasteiger partial charge in [0.05, 0.1) is 10.2 Å². The molecule has 2 heterocycles. The summed E-state index contributed by atoms with van der Waals surface area (Å²) < 4.78 is 41.0. The van der Waals surface area contributed by atoms with E-state index in [1.165, 1.54) is 0 Å².